The molecule has 1 rings (SSSR count). The number of aldehydes is 1. The standard InChI is InChI=1S/C11H13NO3/c1-8(14)2-3-9-4-5-10(7-13)11(6-9)15-12/h4-7H,2-3,12H2,1H3. The molecule has 0 aliphatic carbocycles. The summed E-state index contributed by atoms with van der Waals surface area (Å²) in [5.74, 6) is 5.49. The average Bonchev–Trinajstić information content (AvgIpc) is 2.25. The minimum absolute atomic E-state index is 0.129. The molecule has 0 bridgehead atoms. The third kappa shape index (κ3) is 3.18. The fourth-order valence-electron chi connectivity index (χ4n) is 1.25. The molecule has 0 atom stereocenters. The van der Waals surface area contributed by atoms with Crippen LogP contribution in [-0.2, 0) is 11.2 Å². The molecule has 1 aromatic rings. The molecule has 0 fully saturated rings. The second-order valence-corrected chi connectivity index (χ2v) is 3.31. The number of benzene rings is 1. The number of aryl methyl sites for hydroxylation is 1. The van der Waals surface area contributed by atoms with E-state index in [9.17, 15) is 9.59 Å². The van der Waals surface area contributed by atoms with Gasteiger partial charge in [-0.15, -0.1) is 0 Å². The maximum Gasteiger partial charge on any atom is 0.157 e. The van der Waals surface area contributed by atoms with Gasteiger partial charge in [-0.2, -0.15) is 5.90 Å². The minimum Gasteiger partial charge on any atom is -0.411 e. The van der Waals surface area contributed by atoms with Crippen LogP contribution in [0, 0.1) is 0 Å². The highest BCUT2D eigenvalue weighted by molar-refractivity contribution is 5.79. The molecule has 15 heavy (non-hydrogen) atoms. The van der Waals surface area contributed by atoms with Crippen molar-refractivity contribution in [2.75, 3.05) is 0 Å². The molecule has 0 saturated carbocycles. The monoisotopic (exact) mass is 207 g/mol. The second-order valence-electron chi connectivity index (χ2n) is 3.31. The number of ketones is 1. The van der Waals surface area contributed by atoms with E-state index in [4.69, 9.17) is 5.90 Å². The molecule has 0 aliphatic heterocycles. The fraction of sp³-hybridized carbons (Fsp3) is 0.273. The van der Waals surface area contributed by atoms with Crippen molar-refractivity contribution in [2.45, 2.75) is 19.8 Å². The molecule has 0 aliphatic rings. The zero-order valence-corrected chi connectivity index (χ0v) is 8.53. The highest BCUT2D eigenvalue weighted by Gasteiger charge is 2.04. The lowest BCUT2D eigenvalue weighted by Gasteiger charge is -2.05. The van der Waals surface area contributed by atoms with Gasteiger partial charge in [0.15, 0.2) is 12.0 Å². The molecule has 0 unspecified atom stereocenters. The Morgan fingerprint density at radius 2 is 2.27 bits per heavy atom. The SMILES string of the molecule is CC(=O)CCc1ccc(C=O)c(ON)c1. The molecule has 0 amide bonds. The molecule has 0 radical (unpaired) electrons. The van der Waals surface area contributed by atoms with Crippen molar-refractivity contribution in [3.63, 3.8) is 0 Å². The number of hydrogen-bond acceptors (Lipinski definition) is 4. The summed E-state index contributed by atoms with van der Waals surface area (Å²) in [4.78, 5) is 25.9. The summed E-state index contributed by atoms with van der Waals surface area (Å²) in [6, 6.07) is 5.09. The van der Waals surface area contributed by atoms with Crippen LogP contribution in [0.25, 0.3) is 0 Å². The maximum atomic E-state index is 10.8. The largest absolute Gasteiger partial charge is 0.411 e. The van der Waals surface area contributed by atoms with Gasteiger partial charge in [0, 0.05) is 6.42 Å². The quantitative estimate of drug-likeness (QED) is 0.583. The minimum atomic E-state index is 0.129. The normalized spacial score (nSPS) is 9.73. The van der Waals surface area contributed by atoms with Gasteiger partial charge in [0.25, 0.3) is 0 Å². The Morgan fingerprint density at radius 3 is 2.80 bits per heavy atom. The number of hydrogen-bond donors (Lipinski definition) is 1. The first-order chi connectivity index (χ1) is 7.17. The molecule has 0 spiro atoms. The van der Waals surface area contributed by atoms with Crippen molar-refractivity contribution in [1.29, 1.82) is 0 Å². The van der Waals surface area contributed by atoms with Crippen LogP contribution in [0.15, 0.2) is 18.2 Å². The van der Waals surface area contributed by atoms with E-state index in [1.165, 1.54) is 0 Å². The van der Waals surface area contributed by atoms with Crippen molar-refractivity contribution < 1.29 is 14.4 Å². The lowest BCUT2D eigenvalue weighted by atomic mass is 10.1. The highest BCUT2D eigenvalue weighted by Crippen LogP contribution is 2.18. The first-order valence-corrected chi connectivity index (χ1v) is 4.61. The third-order valence-electron chi connectivity index (χ3n) is 2.10. The van der Waals surface area contributed by atoms with Crippen molar-refractivity contribution in [1.82, 2.24) is 0 Å². The van der Waals surface area contributed by atoms with E-state index in [1.54, 1.807) is 25.1 Å². The lowest BCUT2D eigenvalue weighted by molar-refractivity contribution is -0.116. The molecule has 0 saturated heterocycles. The van der Waals surface area contributed by atoms with Crippen molar-refractivity contribution in [3.8, 4) is 5.75 Å². The molecular weight excluding hydrogens is 194 g/mol. The zero-order chi connectivity index (χ0) is 11.3. The first-order valence-electron chi connectivity index (χ1n) is 4.61. The summed E-state index contributed by atoms with van der Waals surface area (Å²) in [7, 11) is 0. The van der Waals surface area contributed by atoms with Crippen LogP contribution >= 0.6 is 0 Å². The Balaban J connectivity index is 2.83. The number of carbonyl (C=O) groups is 2. The van der Waals surface area contributed by atoms with Gasteiger partial charge in [0.1, 0.15) is 5.78 Å². The number of Topliss-reactive ketones (excluding diaryl/α,β-unsaturated/α-hetero) is 1. The van der Waals surface area contributed by atoms with Gasteiger partial charge in [-0.1, -0.05) is 6.07 Å². The molecular formula is C11H13NO3. The van der Waals surface area contributed by atoms with Gasteiger partial charge in [0.2, 0.25) is 0 Å². The van der Waals surface area contributed by atoms with Crippen LogP contribution in [0.3, 0.4) is 0 Å². The lowest BCUT2D eigenvalue weighted by Crippen LogP contribution is -2.05. The van der Waals surface area contributed by atoms with E-state index in [1.807, 2.05) is 0 Å². The molecule has 4 nitrogen and oxygen atoms in total. The predicted octanol–water partition coefficient (Wildman–Crippen LogP) is 1.27. The van der Waals surface area contributed by atoms with E-state index >= 15 is 0 Å². The summed E-state index contributed by atoms with van der Waals surface area (Å²) in [5.41, 5.74) is 1.33. The van der Waals surface area contributed by atoms with Crippen LogP contribution in [0.2, 0.25) is 0 Å². The van der Waals surface area contributed by atoms with E-state index in [2.05, 4.69) is 4.84 Å². The first kappa shape index (κ1) is 11.4. The molecule has 80 valence electrons. The molecule has 4 heteroatoms. The maximum absolute atomic E-state index is 10.8. The van der Waals surface area contributed by atoms with Gasteiger partial charge in [-0.3, -0.25) is 4.79 Å². The second kappa shape index (κ2) is 5.26. The Labute approximate surface area is 88.0 Å². The predicted molar refractivity (Wildman–Crippen MR) is 55.6 cm³/mol. The molecule has 2 N–H and O–H groups in total. The van der Waals surface area contributed by atoms with Crippen LogP contribution in [0.4, 0.5) is 0 Å². The Kier molecular flexibility index (Phi) is 4.00. The van der Waals surface area contributed by atoms with Crippen molar-refractivity contribution >= 4 is 12.1 Å². The van der Waals surface area contributed by atoms with Crippen LogP contribution in [0.5, 0.6) is 5.75 Å². The van der Waals surface area contributed by atoms with E-state index < -0.39 is 0 Å². The molecule has 0 heterocycles. The summed E-state index contributed by atoms with van der Waals surface area (Å²) in [6.45, 7) is 1.54. The van der Waals surface area contributed by atoms with Gasteiger partial charge in [0.05, 0.1) is 5.56 Å². The van der Waals surface area contributed by atoms with Crippen LogP contribution in [-0.4, -0.2) is 12.1 Å². The number of rotatable bonds is 5. The van der Waals surface area contributed by atoms with Gasteiger partial charge in [-0.05, 0) is 31.0 Å². The number of carbonyl (C=O) groups excluding carboxylic acids is 2. The van der Waals surface area contributed by atoms with Crippen LogP contribution < -0.4 is 10.7 Å². The van der Waals surface area contributed by atoms with Gasteiger partial charge >= 0.3 is 0 Å². The van der Waals surface area contributed by atoms with E-state index in [-0.39, 0.29) is 5.78 Å². The third-order valence-corrected chi connectivity index (χ3v) is 2.10. The average molecular weight is 207 g/mol. The Hall–Kier alpha value is -1.68. The summed E-state index contributed by atoms with van der Waals surface area (Å²) in [6.07, 6.45) is 1.78. The van der Waals surface area contributed by atoms with E-state index in [0.29, 0.717) is 30.4 Å². The summed E-state index contributed by atoms with van der Waals surface area (Å²) < 4.78 is 0. The smallest absolute Gasteiger partial charge is 0.157 e. The van der Waals surface area contributed by atoms with Gasteiger partial charge in [-0.25, -0.2) is 0 Å². The van der Waals surface area contributed by atoms with Crippen LogP contribution in [0.1, 0.15) is 29.3 Å². The highest BCUT2D eigenvalue weighted by atomic mass is 16.6. The summed E-state index contributed by atoms with van der Waals surface area (Å²) >= 11 is 0. The van der Waals surface area contributed by atoms with Crippen molar-refractivity contribution in [2.24, 2.45) is 5.90 Å². The zero-order valence-electron chi connectivity index (χ0n) is 8.53. The van der Waals surface area contributed by atoms with E-state index in [0.717, 1.165) is 5.56 Å². The molecule has 0 aromatic heterocycles. The fourth-order valence-corrected chi connectivity index (χ4v) is 1.25. The Morgan fingerprint density at radius 1 is 1.53 bits per heavy atom. The molecule has 1 aromatic carbocycles. The van der Waals surface area contributed by atoms with Crippen molar-refractivity contribution in [3.05, 3.63) is 29.3 Å². The Bertz CT molecular complexity index is 374. The summed E-state index contributed by atoms with van der Waals surface area (Å²) in [5, 5.41) is 0. The number of nitrogens with two attached hydrogens (primary N) is 1. The van der Waals surface area contributed by atoms with Gasteiger partial charge < -0.3 is 9.63 Å². The topological polar surface area (TPSA) is 69.4 Å².